The Morgan fingerprint density at radius 1 is 0.969 bits per heavy atom. The predicted octanol–water partition coefficient (Wildman–Crippen LogP) is 2.08. The highest BCUT2D eigenvalue weighted by atomic mass is 16.7. The van der Waals surface area contributed by atoms with E-state index in [4.69, 9.17) is 9.47 Å². The monoisotopic (exact) mass is 438 g/mol. The third kappa shape index (κ3) is 5.03. The first-order chi connectivity index (χ1) is 15.4. The van der Waals surface area contributed by atoms with Crippen LogP contribution in [-0.4, -0.2) is 68.2 Å². The molecule has 2 heterocycles. The summed E-state index contributed by atoms with van der Waals surface area (Å²) >= 11 is 0. The zero-order valence-electron chi connectivity index (χ0n) is 18.8. The molecular formula is C24H30N4O4. The fourth-order valence-electron chi connectivity index (χ4n) is 4.03. The molecule has 0 aliphatic carbocycles. The van der Waals surface area contributed by atoms with Gasteiger partial charge in [-0.2, -0.15) is 0 Å². The minimum absolute atomic E-state index is 0.0735. The van der Waals surface area contributed by atoms with Crippen LogP contribution in [0.1, 0.15) is 22.7 Å². The van der Waals surface area contributed by atoms with Gasteiger partial charge in [-0.05, 0) is 55.8 Å². The Morgan fingerprint density at radius 3 is 2.50 bits per heavy atom. The maximum absolute atomic E-state index is 12.6. The number of nitrogens with one attached hydrogen (secondary N) is 2. The average Bonchev–Trinajstić information content (AvgIpc) is 3.25. The van der Waals surface area contributed by atoms with Crippen LogP contribution in [0.5, 0.6) is 11.5 Å². The van der Waals surface area contributed by atoms with Gasteiger partial charge in [-0.3, -0.25) is 14.5 Å². The first-order valence-corrected chi connectivity index (χ1v) is 10.9. The Balaban J connectivity index is 1.45. The predicted molar refractivity (Wildman–Crippen MR) is 122 cm³/mol. The van der Waals surface area contributed by atoms with Gasteiger partial charge in [0.05, 0.1) is 6.04 Å². The number of carbonyl (C=O) groups is 2. The van der Waals surface area contributed by atoms with E-state index in [2.05, 4.69) is 27.5 Å². The molecule has 0 spiro atoms. The van der Waals surface area contributed by atoms with Gasteiger partial charge in [0.2, 0.25) is 6.79 Å². The van der Waals surface area contributed by atoms with Crippen molar-refractivity contribution < 1.29 is 19.1 Å². The molecule has 1 saturated heterocycles. The Labute approximate surface area is 188 Å². The van der Waals surface area contributed by atoms with Crippen LogP contribution in [0, 0.1) is 13.8 Å². The SMILES string of the molecule is Cc1ccc(C)c(NC(=O)C(=O)NCC(c2ccc3c(c2)OCO3)N2CCN(C)CC2)c1. The van der Waals surface area contributed by atoms with E-state index in [1.165, 1.54) is 0 Å². The fourth-order valence-corrected chi connectivity index (χ4v) is 4.03. The van der Waals surface area contributed by atoms with Crippen molar-refractivity contribution in [1.82, 2.24) is 15.1 Å². The summed E-state index contributed by atoms with van der Waals surface area (Å²) in [6, 6.07) is 11.5. The van der Waals surface area contributed by atoms with Gasteiger partial charge < -0.3 is 25.0 Å². The standard InChI is InChI=1S/C24H30N4O4/c1-16-4-5-17(2)19(12-16)26-24(30)23(29)25-14-20(28-10-8-27(3)9-11-28)18-6-7-21-22(13-18)32-15-31-21/h4-7,12-13,20H,8-11,14-15H2,1-3H3,(H,25,29)(H,26,30). The minimum Gasteiger partial charge on any atom is -0.454 e. The lowest BCUT2D eigenvalue weighted by atomic mass is 10.0. The molecule has 8 nitrogen and oxygen atoms in total. The number of hydrogen-bond donors (Lipinski definition) is 2. The number of hydrogen-bond acceptors (Lipinski definition) is 6. The Kier molecular flexibility index (Phi) is 6.62. The number of benzene rings is 2. The van der Waals surface area contributed by atoms with Crippen LogP contribution in [0.15, 0.2) is 36.4 Å². The largest absolute Gasteiger partial charge is 0.454 e. The van der Waals surface area contributed by atoms with Crippen molar-refractivity contribution in [3.63, 3.8) is 0 Å². The molecule has 1 fully saturated rings. The number of carbonyl (C=O) groups excluding carboxylic acids is 2. The van der Waals surface area contributed by atoms with E-state index < -0.39 is 11.8 Å². The van der Waals surface area contributed by atoms with Gasteiger partial charge in [-0.25, -0.2) is 0 Å². The van der Waals surface area contributed by atoms with Crippen LogP contribution in [0.2, 0.25) is 0 Å². The van der Waals surface area contributed by atoms with Crippen molar-refractivity contribution in [3.05, 3.63) is 53.1 Å². The van der Waals surface area contributed by atoms with Crippen LogP contribution in [0.4, 0.5) is 5.69 Å². The number of anilines is 1. The van der Waals surface area contributed by atoms with Gasteiger partial charge in [0.1, 0.15) is 0 Å². The van der Waals surface area contributed by atoms with Gasteiger partial charge in [0.25, 0.3) is 0 Å². The molecule has 4 rings (SSSR count). The fraction of sp³-hybridized carbons (Fsp3) is 0.417. The van der Waals surface area contributed by atoms with Crippen molar-refractivity contribution in [2.75, 3.05) is 51.9 Å². The number of rotatable bonds is 5. The summed E-state index contributed by atoms with van der Waals surface area (Å²) in [6.07, 6.45) is 0. The average molecular weight is 439 g/mol. The molecule has 1 unspecified atom stereocenters. The van der Waals surface area contributed by atoms with Crippen molar-refractivity contribution in [3.8, 4) is 11.5 Å². The molecular weight excluding hydrogens is 408 g/mol. The van der Waals surface area contributed by atoms with Gasteiger partial charge in [-0.1, -0.05) is 18.2 Å². The van der Waals surface area contributed by atoms with Crippen molar-refractivity contribution in [2.24, 2.45) is 0 Å². The van der Waals surface area contributed by atoms with Gasteiger partial charge in [-0.15, -0.1) is 0 Å². The number of nitrogens with zero attached hydrogens (tertiary/aromatic N) is 2. The lowest BCUT2D eigenvalue weighted by Gasteiger charge is -2.38. The van der Waals surface area contributed by atoms with E-state index in [9.17, 15) is 9.59 Å². The maximum Gasteiger partial charge on any atom is 0.313 e. The van der Waals surface area contributed by atoms with Gasteiger partial charge >= 0.3 is 11.8 Å². The molecule has 2 aromatic carbocycles. The third-order valence-electron chi connectivity index (χ3n) is 6.06. The number of ether oxygens (including phenoxy) is 2. The number of fused-ring (bicyclic) bond motifs is 1. The zero-order chi connectivity index (χ0) is 22.7. The molecule has 2 aliphatic rings. The highest BCUT2D eigenvalue weighted by Crippen LogP contribution is 2.35. The molecule has 0 saturated carbocycles. The van der Waals surface area contributed by atoms with E-state index in [-0.39, 0.29) is 12.8 Å². The summed E-state index contributed by atoms with van der Waals surface area (Å²) in [4.78, 5) is 29.7. The number of piperazine rings is 1. The van der Waals surface area contributed by atoms with Crippen LogP contribution in [0.3, 0.4) is 0 Å². The molecule has 0 bridgehead atoms. The smallest absolute Gasteiger partial charge is 0.313 e. The normalized spacial score (nSPS) is 17.1. The molecule has 2 aliphatic heterocycles. The second-order valence-corrected chi connectivity index (χ2v) is 8.45. The summed E-state index contributed by atoms with van der Waals surface area (Å²) in [5.74, 6) is 0.121. The van der Waals surface area contributed by atoms with Gasteiger partial charge in [0.15, 0.2) is 11.5 Å². The summed E-state index contributed by atoms with van der Waals surface area (Å²) < 4.78 is 11.0. The molecule has 2 N–H and O–H groups in total. The quantitative estimate of drug-likeness (QED) is 0.696. The molecule has 1 atom stereocenters. The molecule has 170 valence electrons. The van der Waals surface area contributed by atoms with Crippen molar-refractivity contribution in [2.45, 2.75) is 19.9 Å². The second-order valence-electron chi connectivity index (χ2n) is 8.45. The number of amides is 2. The van der Waals surface area contributed by atoms with E-state index >= 15 is 0 Å². The van der Waals surface area contributed by atoms with Gasteiger partial charge in [0, 0.05) is 38.4 Å². The van der Waals surface area contributed by atoms with Crippen LogP contribution in [0.25, 0.3) is 0 Å². The summed E-state index contributed by atoms with van der Waals surface area (Å²) in [5, 5.41) is 5.56. The maximum atomic E-state index is 12.6. The lowest BCUT2D eigenvalue weighted by molar-refractivity contribution is -0.136. The van der Waals surface area contributed by atoms with Crippen molar-refractivity contribution in [1.29, 1.82) is 0 Å². The first-order valence-electron chi connectivity index (χ1n) is 10.9. The third-order valence-corrected chi connectivity index (χ3v) is 6.06. The Morgan fingerprint density at radius 2 is 1.72 bits per heavy atom. The zero-order valence-corrected chi connectivity index (χ0v) is 18.8. The first kappa shape index (κ1) is 22.1. The topological polar surface area (TPSA) is 83.1 Å². The van der Waals surface area contributed by atoms with Crippen LogP contribution < -0.4 is 20.1 Å². The molecule has 2 amide bonds. The van der Waals surface area contributed by atoms with E-state index in [0.29, 0.717) is 18.0 Å². The Hall–Kier alpha value is -3.10. The van der Waals surface area contributed by atoms with Crippen LogP contribution in [-0.2, 0) is 9.59 Å². The highest BCUT2D eigenvalue weighted by molar-refractivity contribution is 6.39. The molecule has 8 heteroatoms. The number of likely N-dealkylation sites (N-methyl/N-ethyl adjacent to an activating group) is 1. The Bertz CT molecular complexity index is 1000. The van der Waals surface area contributed by atoms with Crippen LogP contribution >= 0.6 is 0 Å². The summed E-state index contributed by atoms with van der Waals surface area (Å²) in [5.41, 5.74) is 3.60. The summed E-state index contributed by atoms with van der Waals surface area (Å²) in [7, 11) is 2.10. The molecule has 0 aromatic heterocycles. The minimum atomic E-state index is -0.665. The van der Waals surface area contributed by atoms with E-state index in [1.54, 1.807) is 0 Å². The van der Waals surface area contributed by atoms with E-state index in [0.717, 1.165) is 48.6 Å². The molecule has 0 radical (unpaired) electrons. The molecule has 2 aromatic rings. The van der Waals surface area contributed by atoms with E-state index in [1.807, 2.05) is 50.2 Å². The molecule has 32 heavy (non-hydrogen) atoms. The lowest BCUT2D eigenvalue weighted by Crippen LogP contribution is -2.49. The second kappa shape index (κ2) is 9.58. The van der Waals surface area contributed by atoms with Crippen molar-refractivity contribution >= 4 is 17.5 Å². The number of aryl methyl sites for hydroxylation is 2. The summed E-state index contributed by atoms with van der Waals surface area (Å²) in [6.45, 7) is 8.03. The highest BCUT2D eigenvalue weighted by Gasteiger charge is 2.27.